The molecule has 1 amide bonds. The molecule has 0 bridgehead atoms. The molecule has 1 aromatic rings. The Morgan fingerprint density at radius 1 is 1.33 bits per heavy atom. The molecule has 0 aliphatic carbocycles. The van der Waals surface area contributed by atoms with E-state index in [1.807, 2.05) is 4.90 Å². The predicted molar refractivity (Wildman–Crippen MR) is 81.9 cm³/mol. The lowest BCUT2D eigenvalue weighted by Crippen LogP contribution is -2.51. The number of nitrogens with zero attached hydrogens (tertiary/aromatic N) is 2. The Labute approximate surface area is 126 Å². The van der Waals surface area contributed by atoms with Crippen molar-refractivity contribution in [3.8, 4) is 11.5 Å². The minimum absolute atomic E-state index is 0.00147. The maximum Gasteiger partial charge on any atom is 0.254 e. The first kappa shape index (κ1) is 15.6. The van der Waals surface area contributed by atoms with Gasteiger partial charge < -0.3 is 14.7 Å². The summed E-state index contributed by atoms with van der Waals surface area (Å²) in [5, 5.41) is 9.78. The molecule has 21 heavy (non-hydrogen) atoms. The molecular formula is C16H24N2O3. The van der Waals surface area contributed by atoms with Gasteiger partial charge in [-0.1, -0.05) is 6.92 Å². The molecule has 1 aliphatic rings. The number of ether oxygens (including phenoxy) is 1. The van der Waals surface area contributed by atoms with Crippen molar-refractivity contribution in [2.24, 2.45) is 0 Å². The van der Waals surface area contributed by atoms with Crippen LogP contribution in [0.5, 0.6) is 11.5 Å². The quantitative estimate of drug-likeness (QED) is 0.921. The highest BCUT2D eigenvalue weighted by atomic mass is 16.5. The molecule has 0 aromatic heterocycles. The number of phenolic OH excluding ortho intramolecular Hbond substituents is 1. The van der Waals surface area contributed by atoms with Gasteiger partial charge in [-0.05, 0) is 31.5 Å². The Morgan fingerprint density at radius 3 is 2.52 bits per heavy atom. The number of benzene rings is 1. The third kappa shape index (κ3) is 3.47. The highest BCUT2D eigenvalue weighted by Crippen LogP contribution is 2.27. The van der Waals surface area contributed by atoms with E-state index in [0.717, 1.165) is 32.6 Å². The number of aromatic hydroxyl groups is 1. The number of hydrogen-bond acceptors (Lipinski definition) is 4. The van der Waals surface area contributed by atoms with Gasteiger partial charge in [0.1, 0.15) is 0 Å². The maximum atomic E-state index is 12.5. The maximum absolute atomic E-state index is 12.5. The molecule has 0 saturated carbocycles. The van der Waals surface area contributed by atoms with Crippen LogP contribution < -0.4 is 4.74 Å². The number of phenols is 1. The average molecular weight is 292 g/mol. The highest BCUT2D eigenvalue weighted by Gasteiger charge is 2.24. The summed E-state index contributed by atoms with van der Waals surface area (Å²) in [5.74, 6) is 0.353. The van der Waals surface area contributed by atoms with Gasteiger partial charge in [-0.25, -0.2) is 0 Å². The summed E-state index contributed by atoms with van der Waals surface area (Å²) in [6.07, 6.45) is 1.13. The van der Waals surface area contributed by atoms with E-state index in [0.29, 0.717) is 17.4 Å². The number of hydrogen-bond donors (Lipinski definition) is 1. The molecule has 1 fully saturated rings. The van der Waals surface area contributed by atoms with Crippen LogP contribution in [0.25, 0.3) is 0 Å². The zero-order chi connectivity index (χ0) is 15.4. The van der Waals surface area contributed by atoms with Crippen molar-refractivity contribution >= 4 is 5.91 Å². The molecule has 1 unspecified atom stereocenters. The van der Waals surface area contributed by atoms with Crippen LogP contribution in [0.15, 0.2) is 18.2 Å². The third-order valence-corrected chi connectivity index (χ3v) is 4.24. The zero-order valence-electron chi connectivity index (χ0n) is 13.0. The van der Waals surface area contributed by atoms with E-state index in [9.17, 15) is 9.90 Å². The van der Waals surface area contributed by atoms with Gasteiger partial charge in [0.15, 0.2) is 11.5 Å². The first-order chi connectivity index (χ1) is 10.1. The molecule has 116 valence electrons. The highest BCUT2D eigenvalue weighted by molar-refractivity contribution is 5.95. The second kappa shape index (κ2) is 6.80. The SMILES string of the molecule is CCC(C)N1CCN(C(=O)c2ccc(OC)c(O)c2)CC1. The minimum atomic E-state index is -0.0308. The van der Waals surface area contributed by atoms with Crippen molar-refractivity contribution in [2.45, 2.75) is 26.3 Å². The van der Waals surface area contributed by atoms with Gasteiger partial charge in [0.25, 0.3) is 5.91 Å². The average Bonchev–Trinajstić information content (AvgIpc) is 2.53. The summed E-state index contributed by atoms with van der Waals surface area (Å²) in [7, 11) is 1.49. The molecular weight excluding hydrogens is 268 g/mol. The Kier molecular flexibility index (Phi) is 5.07. The van der Waals surface area contributed by atoms with Crippen molar-refractivity contribution in [2.75, 3.05) is 33.3 Å². The van der Waals surface area contributed by atoms with Crippen LogP contribution in [0.1, 0.15) is 30.6 Å². The Balaban J connectivity index is 2.00. The molecule has 1 saturated heterocycles. The number of carbonyl (C=O) groups excluding carboxylic acids is 1. The summed E-state index contributed by atoms with van der Waals surface area (Å²) in [6, 6.07) is 5.36. The van der Waals surface area contributed by atoms with Gasteiger partial charge in [-0.15, -0.1) is 0 Å². The van der Waals surface area contributed by atoms with Gasteiger partial charge in [0, 0.05) is 37.8 Å². The monoisotopic (exact) mass is 292 g/mol. The third-order valence-electron chi connectivity index (χ3n) is 4.24. The summed E-state index contributed by atoms with van der Waals surface area (Å²) in [4.78, 5) is 16.7. The zero-order valence-corrected chi connectivity index (χ0v) is 13.0. The first-order valence-electron chi connectivity index (χ1n) is 7.47. The van der Waals surface area contributed by atoms with E-state index in [1.54, 1.807) is 12.1 Å². The lowest BCUT2D eigenvalue weighted by molar-refractivity contribution is 0.0579. The number of amides is 1. The Morgan fingerprint density at radius 2 is 2.00 bits per heavy atom. The molecule has 1 aliphatic heterocycles. The summed E-state index contributed by atoms with van der Waals surface area (Å²) in [5.41, 5.74) is 0.505. The van der Waals surface area contributed by atoms with Crippen molar-refractivity contribution < 1.29 is 14.6 Å². The topological polar surface area (TPSA) is 53.0 Å². The van der Waals surface area contributed by atoms with E-state index in [1.165, 1.54) is 13.2 Å². The second-order valence-corrected chi connectivity index (χ2v) is 5.47. The standard InChI is InChI=1S/C16H24N2O3/c1-4-12(2)17-7-9-18(10-8-17)16(20)13-5-6-15(21-3)14(19)11-13/h5-6,11-12,19H,4,7-10H2,1-3H3. The molecule has 1 N–H and O–H groups in total. The lowest BCUT2D eigenvalue weighted by Gasteiger charge is -2.37. The van der Waals surface area contributed by atoms with E-state index in [4.69, 9.17) is 4.74 Å². The smallest absolute Gasteiger partial charge is 0.254 e. The van der Waals surface area contributed by atoms with Crippen molar-refractivity contribution in [1.82, 2.24) is 9.80 Å². The van der Waals surface area contributed by atoms with Gasteiger partial charge in [-0.2, -0.15) is 0 Å². The molecule has 0 radical (unpaired) electrons. The van der Waals surface area contributed by atoms with Gasteiger partial charge in [0.05, 0.1) is 7.11 Å². The molecule has 5 nitrogen and oxygen atoms in total. The molecule has 1 heterocycles. The van der Waals surface area contributed by atoms with Crippen LogP contribution in [0.4, 0.5) is 0 Å². The van der Waals surface area contributed by atoms with E-state index in [2.05, 4.69) is 18.7 Å². The summed E-state index contributed by atoms with van der Waals surface area (Å²) >= 11 is 0. The van der Waals surface area contributed by atoms with E-state index >= 15 is 0 Å². The number of carbonyl (C=O) groups is 1. The van der Waals surface area contributed by atoms with Crippen LogP contribution >= 0.6 is 0 Å². The van der Waals surface area contributed by atoms with Crippen LogP contribution in [0.3, 0.4) is 0 Å². The predicted octanol–water partition coefficient (Wildman–Crippen LogP) is 1.96. The van der Waals surface area contributed by atoms with Crippen molar-refractivity contribution in [3.63, 3.8) is 0 Å². The first-order valence-corrected chi connectivity index (χ1v) is 7.47. The van der Waals surface area contributed by atoms with Crippen molar-refractivity contribution in [1.29, 1.82) is 0 Å². The second-order valence-electron chi connectivity index (χ2n) is 5.47. The molecule has 5 heteroatoms. The van der Waals surface area contributed by atoms with Gasteiger partial charge in [0.2, 0.25) is 0 Å². The fourth-order valence-electron chi connectivity index (χ4n) is 2.63. The van der Waals surface area contributed by atoms with Crippen LogP contribution in [0, 0.1) is 0 Å². The molecule has 1 atom stereocenters. The Hall–Kier alpha value is -1.75. The Bertz CT molecular complexity index is 496. The fourth-order valence-corrected chi connectivity index (χ4v) is 2.63. The van der Waals surface area contributed by atoms with Crippen LogP contribution in [-0.2, 0) is 0 Å². The number of piperazine rings is 1. The molecule has 0 spiro atoms. The minimum Gasteiger partial charge on any atom is -0.504 e. The molecule has 1 aromatic carbocycles. The van der Waals surface area contributed by atoms with Crippen LogP contribution in [-0.4, -0.2) is 60.1 Å². The summed E-state index contributed by atoms with van der Waals surface area (Å²) < 4.78 is 5.00. The van der Waals surface area contributed by atoms with E-state index in [-0.39, 0.29) is 11.7 Å². The molecule has 2 rings (SSSR count). The summed E-state index contributed by atoms with van der Waals surface area (Å²) in [6.45, 7) is 7.68. The lowest BCUT2D eigenvalue weighted by atomic mass is 10.1. The number of methoxy groups -OCH3 is 1. The van der Waals surface area contributed by atoms with Gasteiger partial charge in [-0.3, -0.25) is 9.69 Å². The van der Waals surface area contributed by atoms with E-state index < -0.39 is 0 Å². The largest absolute Gasteiger partial charge is 0.504 e. The number of rotatable bonds is 4. The fraction of sp³-hybridized carbons (Fsp3) is 0.562. The van der Waals surface area contributed by atoms with Crippen LogP contribution in [0.2, 0.25) is 0 Å². The normalized spacial score (nSPS) is 17.6. The van der Waals surface area contributed by atoms with Gasteiger partial charge >= 0.3 is 0 Å². The van der Waals surface area contributed by atoms with Crippen molar-refractivity contribution in [3.05, 3.63) is 23.8 Å².